The Hall–Kier alpha value is -2.13. The minimum atomic E-state index is -0.121. The second kappa shape index (κ2) is 8.31. The van der Waals surface area contributed by atoms with Crippen molar-refractivity contribution in [1.29, 1.82) is 0 Å². The van der Waals surface area contributed by atoms with Crippen LogP contribution < -0.4 is 5.32 Å². The standard InChI is InChI=1S/C26H34N2O/c1-26(2,3)24(20-12-8-5-9-13-20)25(29)27-23-15-14-21-17-28(18-22(21)23)16-19-10-6-4-7-11-19/h4-13,21-24H,14-18H2,1-3H3,(H,27,29)/t21-,22+,23+,24-/m0/s1. The first kappa shape index (κ1) is 20.2. The maximum Gasteiger partial charge on any atom is 0.228 e. The van der Waals surface area contributed by atoms with Crippen LogP contribution in [0.15, 0.2) is 60.7 Å². The summed E-state index contributed by atoms with van der Waals surface area (Å²) in [7, 11) is 0. The molecule has 1 amide bonds. The molecule has 0 radical (unpaired) electrons. The average Bonchev–Trinajstić information content (AvgIpc) is 3.24. The molecule has 4 rings (SSSR count). The minimum Gasteiger partial charge on any atom is -0.352 e. The highest BCUT2D eigenvalue weighted by Crippen LogP contribution is 2.40. The molecule has 154 valence electrons. The molecule has 3 nitrogen and oxygen atoms in total. The smallest absolute Gasteiger partial charge is 0.228 e. The fourth-order valence-corrected chi connectivity index (χ4v) is 5.46. The number of carbonyl (C=O) groups is 1. The normalized spacial score (nSPS) is 25.6. The van der Waals surface area contributed by atoms with E-state index in [2.05, 4.69) is 73.5 Å². The molecule has 1 saturated heterocycles. The van der Waals surface area contributed by atoms with Gasteiger partial charge in [-0.15, -0.1) is 0 Å². The van der Waals surface area contributed by atoms with Crippen molar-refractivity contribution >= 4 is 5.91 Å². The van der Waals surface area contributed by atoms with Crippen LogP contribution in [0.1, 0.15) is 50.7 Å². The summed E-state index contributed by atoms with van der Waals surface area (Å²) in [5.74, 6) is 1.37. The topological polar surface area (TPSA) is 32.3 Å². The molecule has 4 atom stereocenters. The van der Waals surface area contributed by atoms with Gasteiger partial charge in [0.05, 0.1) is 5.92 Å². The van der Waals surface area contributed by atoms with Crippen molar-refractivity contribution in [2.75, 3.05) is 13.1 Å². The third kappa shape index (κ3) is 4.56. The summed E-state index contributed by atoms with van der Waals surface area (Å²) >= 11 is 0. The molecule has 2 aliphatic rings. The maximum absolute atomic E-state index is 13.4. The molecule has 1 aliphatic heterocycles. The summed E-state index contributed by atoms with van der Waals surface area (Å²) in [5.41, 5.74) is 2.38. The number of hydrogen-bond donors (Lipinski definition) is 1. The van der Waals surface area contributed by atoms with Crippen LogP contribution in [0.2, 0.25) is 0 Å². The van der Waals surface area contributed by atoms with E-state index >= 15 is 0 Å². The van der Waals surface area contributed by atoms with Crippen LogP contribution in [0, 0.1) is 17.3 Å². The van der Waals surface area contributed by atoms with Crippen LogP contribution in [0.3, 0.4) is 0 Å². The number of carbonyl (C=O) groups excluding carboxylic acids is 1. The zero-order valence-corrected chi connectivity index (χ0v) is 18.0. The molecule has 0 aromatic heterocycles. The van der Waals surface area contributed by atoms with Crippen molar-refractivity contribution in [3.8, 4) is 0 Å². The second-order valence-electron chi connectivity index (χ2n) is 10.0. The van der Waals surface area contributed by atoms with Gasteiger partial charge in [0.15, 0.2) is 0 Å². The van der Waals surface area contributed by atoms with Crippen molar-refractivity contribution in [3.05, 3.63) is 71.8 Å². The molecule has 0 spiro atoms. The number of rotatable bonds is 5. The lowest BCUT2D eigenvalue weighted by molar-refractivity contribution is -0.125. The molecule has 2 aromatic rings. The Morgan fingerprint density at radius 3 is 2.31 bits per heavy atom. The third-order valence-corrected chi connectivity index (χ3v) is 6.77. The third-order valence-electron chi connectivity index (χ3n) is 6.77. The average molecular weight is 391 g/mol. The van der Waals surface area contributed by atoms with E-state index in [0.29, 0.717) is 17.9 Å². The van der Waals surface area contributed by atoms with Gasteiger partial charge in [-0.2, -0.15) is 0 Å². The van der Waals surface area contributed by atoms with E-state index in [1.54, 1.807) is 0 Å². The largest absolute Gasteiger partial charge is 0.352 e. The van der Waals surface area contributed by atoms with E-state index < -0.39 is 0 Å². The molecule has 3 heteroatoms. The maximum atomic E-state index is 13.4. The number of benzene rings is 2. The molecule has 1 heterocycles. The van der Waals surface area contributed by atoms with Crippen LogP contribution in [0.25, 0.3) is 0 Å². The highest BCUT2D eigenvalue weighted by atomic mass is 16.2. The van der Waals surface area contributed by atoms with Crippen LogP contribution in [-0.4, -0.2) is 29.9 Å². The fraction of sp³-hybridized carbons (Fsp3) is 0.500. The lowest BCUT2D eigenvalue weighted by Crippen LogP contribution is -2.44. The molecule has 0 bridgehead atoms. The zero-order valence-electron chi connectivity index (χ0n) is 18.0. The molecule has 2 fully saturated rings. The van der Waals surface area contributed by atoms with Gasteiger partial charge in [-0.1, -0.05) is 81.4 Å². The van der Waals surface area contributed by atoms with Gasteiger partial charge in [0.2, 0.25) is 5.91 Å². The van der Waals surface area contributed by atoms with Crippen molar-refractivity contribution in [2.45, 2.75) is 52.1 Å². The summed E-state index contributed by atoms with van der Waals surface area (Å²) < 4.78 is 0. The SMILES string of the molecule is CC(C)(C)[C@H](C(=O)N[C@@H]1CC[C@H]2CN(Cc3ccccc3)C[C@H]21)c1ccccc1. The molecule has 1 aliphatic carbocycles. The first-order chi connectivity index (χ1) is 13.9. The summed E-state index contributed by atoms with van der Waals surface area (Å²) in [6.07, 6.45) is 2.35. The van der Waals surface area contributed by atoms with Gasteiger partial charge in [-0.05, 0) is 41.2 Å². The number of nitrogens with one attached hydrogen (secondary N) is 1. The molecular weight excluding hydrogens is 356 g/mol. The van der Waals surface area contributed by atoms with E-state index in [0.717, 1.165) is 31.6 Å². The molecule has 2 aromatic carbocycles. The van der Waals surface area contributed by atoms with Crippen molar-refractivity contribution in [2.24, 2.45) is 17.3 Å². The van der Waals surface area contributed by atoms with E-state index in [4.69, 9.17) is 0 Å². The van der Waals surface area contributed by atoms with Gasteiger partial charge < -0.3 is 5.32 Å². The van der Waals surface area contributed by atoms with Gasteiger partial charge in [0.25, 0.3) is 0 Å². The number of fused-ring (bicyclic) bond motifs is 1. The van der Waals surface area contributed by atoms with Crippen molar-refractivity contribution < 1.29 is 4.79 Å². The number of nitrogens with zero attached hydrogens (tertiary/aromatic N) is 1. The molecule has 1 N–H and O–H groups in total. The summed E-state index contributed by atoms with van der Waals surface area (Å²) in [6.45, 7) is 9.77. The summed E-state index contributed by atoms with van der Waals surface area (Å²) in [6, 6.07) is 21.3. The molecular formula is C26H34N2O. The Balaban J connectivity index is 1.42. The Morgan fingerprint density at radius 2 is 1.66 bits per heavy atom. The predicted octanol–water partition coefficient (Wildman–Crippen LogP) is 4.84. The highest BCUT2D eigenvalue weighted by Gasteiger charge is 2.44. The lowest BCUT2D eigenvalue weighted by atomic mass is 9.75. The van der Waals surface area contributed by atoms with E-state index in [1.807, 2.05) is 18.2 Å². The Labute approximate surface area is 175 Å². The zero-order chi connectivity index (χ0) is 20.4. The van der Waals surface area contributed by atoms with Crippen LogP contribution >= 0.6 is 0 Å². The van der Waals surface area contributed by atoms with Crippen molar-refractivity contribution in [1.82, 2.24) is 10.2 Å². The van der Waals surface area contributed by atoms with Crippen molar-refractivity contribution in [3.63, 3.8) is 0 Å². The van der Waals surface area contributed by atoms with E-state index in [-0.39, 0.29) is 17.2 Å². The predicted molar refractivity (Wildman–Crippen MR) is 119 cm³/mol. The number of hydrogen-bond acceptors (Lipinski definition) is 2. The van der Waals surface area contributed by atoms with Gasteiger partial charge in [0, 0.05) is 25.7 Å². The monoisotopic (exact) mass is 390 g/mol. The van der Waals surface area contributed by atoms with Crippen LogP contribution in [-0.2, 0) is 11.3 Å². The molecule has 0 unspecified atom stereocenters. The van der Waals surface area contributed by atoms with Gasteiger partial charge in [-0.25, -0.2) is 0 Å². The molecule has 1 saturated carbocycles. The minimum absolute atomic E-state index is 0.113. The quantitative estimate of drug-likeness (QED) is 0.792. The second-order valence-corrected chi connectivity index (χ2v) is 10.0. The first-order valence-corrected chi connectivity index (χ1v) is 11.0. The molecule has 29 heavy (non-hydrogen) atoms. The summed E-state index contributed by atoms with van der Waals surface area (Å²) in [4.78, 5) is 16.0. The number of likely N-dealkylation sites (tertiary alicyclic amines) is 1. The lowest BCUT2D eigenvalue weighted by Gasteiger charge is -2.32. The van der Waals surface area contributed by atoms with Crippen LogP contribution in [0.4, 0.5) is 0 Å². The van der Waals surface area contributed by atoms with Gasteiger partial charge in [0.1, 0.15) is 0 Å². The summed E-state index contributed by atoms with van der Waals surface area (Å²) in [5, 5.41) is 3.47. The Bertz CT molecular complexity index is 812. The van der Waals surface area contributed by atoms with Crippen LogP contribution in [0.5, 0.6) is 0 Å². The number of amides is 1. The van der Waals surface area contributed by atoms with Gasteiger partial charge >= 0.3 is 0 Å². The highest BCUT2D eigenvalue weighted by molar-refractivity contribution is 5.84. The Kier molecular flexibility index (Phi) is 5.78. The van der Waals surface area contributed by atoms with E-state index in [9.17, 15) is 4.79 Å². The van der Waals surface area contributed by atoms with E-state index in [1.165, 1.54) is 12.0 Å². The Morgan fingerprint density at radius 1 is 1.00 bits per heavy atom. The van der Waals surface area contributed by atoms with Gasteiger partial charge in [-0.3, -0.25) is 9.69 Å². The fourth-order valence-electron chi connectivity index (χ4n) is 5.46. The first-order valence-electron chi connectivity index (χ1n) is 11.0.